The van der Waals surface area contributed by atoms with E-state index in [1.807, 2.05) is 13.8 Å². The minimum Gasteiger partial charge on any atom is -0.475 e. The fourth-order valence-electron chi connectivity index (χ4n) is 1.67. The van der Waals surface area contributed by atoms with E-state index >= 15 is 0 Å². The maximum atomic E-state index is 13.7. The van der Waals surface area contributed by atoms with Gasteiger partial charge in [0.1, 0.15) is 6.29 Å². The molecule has 0 saturated heterocycles. The van der Waals surface area contributed by atoms with E-state index in [9.17, 15) is 9.18 Å². The van der Waals surface area contributed by atoms with Gasteiger partial charge in [0.2, 0.25) is 11.8 Å². The molecule has 22 heavy (non-hydrogen) atoms. The molecule has 0 spiro atoms. The van der Waals surface area contributed by atoms with E-state index in [1.165, 1.54) is 0 Å². The lowest BCUT2D eigenvalue weighted by Gasteiger charge is -2.12. The molecule has 0 aliphatic heterocycles. The smallest absolute Gasteiger partial charge is 0.255 e. The molecule has 116 valence electrons. The zero-order valence-corrected chi connectivity index (χ0v) is 12.5. The third kappa shape index (κ3) is 4.25. The van der Waals surface area contributed by atoms with E-state index in [0.29, 0.717) is 23.8 Å². The molecular weight excluding hydrogens is 285 g/mol. The standard InChI is InChI=1S/C16H18FN3O2/c1-3-11(2)10-22-15-14(17)8-18-16(20-15)19-13-6-4-5-12(7-13)9-21/h4-9,11H,3,10H2,1-2H3,(H,18,19,20). The summed E-state index contributed by atoms with van der Waals surface area (Å²) >= 11 is 0. The third-order valence-corrected chi connectivity index (χ3v) is 3.19. The zero-order chi connectivity index (χ0) is 15.9. The molecule has 2 aromatic rings. The highest BCUT2D eigenvalue weighted by atomic mass is 19.1. The first kappa shape index (κ1) is 15.9. The molecular formula is C16H18FN3O2. The summed E-state index contributed by atoms with van der Waals surface area (Å²) in [6.45, 7) is 4.45. The molecule has 0 amide bonds. The second kappa shape index (κ2) is 7.49. The molecule has 0 aliphatic rings. The van der Waals surface area contributed by atoms with E-state index in [1.54, 1.807) is 24.3 Å². The van der Waals surface area contributed by atoms with E-state index in [2.05, 4.69) is 15.3 Å². The molecule has 1 N–H and O–H groups in total. The summed E-state index contributed by atoms with van der Waals surface area (Å²) in [7, 11) is 0. The summed E-state index contributed by atoms with van der Waals surface area (Å²) in [6.07, 6.45) is 2.75. The molecule has 0 saturated carbocycles. The largest absolute Gasteiger partial charge is 0.475 e. The topological polar surface area (TPSA) is 64.1 Å². The Bertz CT molecular complexity index is 649. The Morgan fingerprint density at radius 2 is 2.27 bits per heavy atom. The van der Waals surface area contributed by atoms with E-state index in [0.717, 1.165) is 18.9 Å². The summed E-state index contributed by atoms with van der Waals surface area (Å²) < 4.78 is 19.0. The first-order valence-electron chi connectivity index (χ1n) is 7.10. The van der Waals surface area contributed by atoms with Crippen molar-refractivity contribution in [3.8, 4) is 5.88 Å². The Morgan fingerprint density at radius 1 is 1.45 bits per heavy atom. The Hall–Kier alpha value is -2.50. The summed E-state index contributed by atoms with van der Waals surface area (Å²) in [5.41, 5.74) is 1.17. The third-order valence-electron chi connectivity index (χ3n) is 3.19. The first-order chi connectivity index (χ1) is 10.6. The quantitative estimate of drug-likeness (QED) is 0.792. The average molecular weight is 303 g/mol. The minimum absolute atomic E-state index is 0.0793. The number of halogens is 1. The fraction of sp³-hybridized carbons (Fsp3) is 0.312. The molecule has 1 aromatic carbocycles. The van der Waals surface area contributed by atoms with Gasteiger partial charge in [0, 0.05) is 11.3 Å². The van der Waals surface area contributed by atoms with Gasteiger partial charge in [-0.2, -0.15) is 9.37 Å². The lowest BCUT2D eigenvalue weighted by atomic mass is 10.1. The lowest BCUT2D eigenvalue weighted by Crippen LogP contribution is -2.10. The van der Waals surface area contributed by atoms with Crippen LogP contribution in [0.15, 0.2) is 30.5 Å². The van der Waals surface area contributed by atoms with Crippen molar-refractivity contribution in [1.82, 2.24) is 9.97 Å². The second-order valence-corrected chi connectivity index (χ2v) is 5.04. The minimum atomic E-state index is -0.601. The summed E-state index contributed by atoms with van der Waals surface area (Å²) in [5.74, 6) is -0.154. The van der Waals surface area contributed by atoms with Crippen molar-refractivity contribution >= 4 is 17.9 Å². The van der Waals surface area contributed by atoms with Crippen LogP contribution >= 0.6 is 0 Å². The number of nitrogens with zero attached hydrogens (tertiary/aromatic N) is 2. The molecule has 0 radical (unpaired) electrons. The van der Waals surface area contributed by atoms with Crippen molar-refractivity contribution < 1.29 is 13.9 Å². The fourth-order valence-corrected chi connectivity index (χ4v) is 1.67. The van der Waals surface area contributed by atoms with Crippen molar-refractivity contribution in [1.29, 1.82) is 0 Å². The Balaban J connectivity index is 2.12. The highest BCUT2D eigenvalue weighted by molar-refractivity contribution is 5.77. The molecule has 0 fully saturated rings. The summed E-state index contributed by atoms with van der Waals surface area (Å²) in [5, 5.41) is 2.92. The summed E-state index contributed by atoms with van der Waals surface area (Å²) in [6, 6.07) is 6.83. The Kier molecular flexibility index (Phi) is 5.41. The molecule has 1 atom stereocenters. The van der Waals surface area contributed by atoms with Crippen LogP contribution in [0.2, 0.25) is 0 Å². The molecule has 0 aliphatic carbocycles. The van der Waals surface area contributed by atoms with Gasteiger partial charge in [-0.1, -0.05) is 32.4 Å². The second-order valence-electron chi connectivity index (χ2n) is 5.04. The van der Waals surface area contributed by atoms with Crippen LogP contribution in [0.25, 0.3) is 0 Å². The molecule has 6 heteroatoms. The van der Waals surface area contributed by atoms with E-state index in [-0.39, 0.29) is 11.8 Å². The Morgan fingerprint density at radius 3 is 3.00 bits per heavy atom. The molecule has 0 bridgehead atoms. The van der Waals surface area contributed by atoms with Crippen LogP contribution < -0.4 is 10.1 Å². The SMILES string of the molecule is CCC(C)COc1nc(Nc2cccc(C=O)c2)ncc1F. The molecule has 1 aromatic heterocycles. The number of hydrogen-bond donors (Lipinski definition) is 1. The highest BCUT2D eigenvalue weighted by Gasteiger charge is 2.10. The average Bonchev–Trinajstić information content (AvgIpc) is 2.55. The number of aromatic nitrogens is 2. The predicted molar refractivity (Wildman–Crippen MR) is 82.1 cm³/mol. The number of aldehydes is 1. The van der Waals surface area contributed by atoms with Crippen molar-refractivity contribution in [3.63, 3.8) is 0 Å². The van der Waals surface area contributed by atoms with E-state index < -0.39 is 5.82 Å². The van der Waals surface area contributed by atoms with Gasteiger partial charge in [-0.05, 0) is 18.1 Å². The summed E-state index contributed by atoms with van der Waals surface area (Å²) in [4.78, 5) is 18.7. The number of ether oxygens (including phenoxy) is 1. The van der Waals surface area contributed by atoms with E-state index in [4.69, 9.17) is 4.74 Å². The van der Waals surface area contributed by atoms with Crippen LogP contribution in [0.3, 0.4) is 0 Å². The molecule has 2 rings (SSSR count). The maximum Gasteiger partial charge on any atom is 0.255 e. The number of carbonyl (C=O) groups is 1. The van der Waals surface area contributed by atoms with Crippen molar-refractivity contribution in [3.05, 3.63) is 41.8 Å². The highest BCUT2D eigenvalue weighted by Crippen LogP contribution is 2.19. The van der Waals surface area contributed by atoms with Gasteiger partial charge < -0.3 is 10.1 Å². The number of anilines is 2. The van der Waals surface area contributed by atoms with Gasteiger partial charge in [-0.15, -0.1) is 0 Å². The lowest BCUT2D eigenvalue weighted by molar-refractivity contribution is 0.112. The van der Waals surface area contributed by atoms with Crippen molar-refractivity contribution in [2.75, 3.05) is 11.9 Å². The van der Waals surface area contributed by atoms with Gasteiger partial charge >= 0.3 is 0 Å². The van der Waals surface area contributed by atoms with Gasteiger partial charge in [0.15, 0.2) is 0 Å². The predicted octanol–water partition coefficient (Wildman–Crippen LogP) is 3.60. The van der Waals surface area contributed by atoms with Crippen LogP contribution in [-0.2, 0) is 0 Å². The number of nitrogens with one attached hydrogen (secondary N) is 1. The van der Waals surface area contributed by atoms with Gasteiger partial charge in [0.05, 0.1) is 12.8 Å². The van der Waals surface area contributed by atoms with Crippen LogP contribution in [0.5, 0.6) is 5.88 Å². The van der Waals surface area contributed by atoms with Gasteiger partial charge in [-0.25, -0.2) is 4.98 Å². The zero-order valence-electron chi connectivity index (χ0n) is 12.5. The van der Waals surface area contributed by atoms with Crippen LogP contribution in [0.1, 0.15) is 30.6 Å². The van der Waals surface area contributed by atoms with Crippen molar-refractivity contribution in [2.45, 2.75) is 20.3 Å². The maximum absolute atomic E-state index is 13.7. The van der Waals surface area contributed by atoms with Crippen LogP contribution in [0.4, 0.5) is 16.0 Å². The molecule has 5 nitrogen and oxygen atoms in total. The van der Waals surface area contributed by atoms with Gasteiger partial charge in [-0.3, -0.25) is 4.79 Å². The monoisotopic (exact) mass is 303 g/mol. The normalized spacial score (nSPS) is 11.8. The van der Waals surface area contributed by atoms with Crippen LogP contribution in [0, 0.1) is 11.7 Å². The van der Waals surface area contributed by atoms with Crippen molar-refractivity contribution in [2.24, 2.45) is 5.92 Å². The molecule has 1 heterocycles. The molecule has 1 unspecified atom stereocenters. The number of rotatable bonds is 7. The number of benzene rings is 1. The first-order valence-corrected chi connectivity index (χ1v) is 7.10. The number of hydrogen-bond acceptors (Lipinski definition) is 5. The number of carbonyl (C=O) groups excluding carboxylic acids is 1. The van der Waals surface area contributed by atoms with Gasteiger partial charge in [0.25, 0.3) is 5.88 Å². The Labute approximate surface area is 128 Å². The van der Waals surface area contributed by atoms with Crippen LogP contribution in [-0.4, -0.2) is 22.9 Å².